The van der Waals surface area contributed by atoms with E-state index in [0.29, 0.717) is 17.4 Å². The third kappa shape index (κ3) is 2.77. The van der Waals surface area contributed by atoms with Gasteiger partial charge in [0.1, 0.15) is 0 Å². The Balaban J connectivity index is 1.67. The maximum atomic E-state index is 12.3. The highest BCUT2D eigenvalue weighted by molar-refractivity contribution is 9.11. The van der Waals surface area contributed by atoms with Gasteiger partial charge in [0.25, 0.3) is 0 Å². The van der Waals surface area contributed by atoms with Crippen molar-refractivity contribution in [3.05, 3.63) is 14.7 Å². The van der Waals surface area contributed by atoms with E-state index in [1.54, 1.807) is 6.07 Å². The molecule has 2 bridgehead atoms. The Morgan fingerprint density at radius 2 is 2.21 bits per heavy atom. The van der Waals surface area contributed by atoms with Gasteiger partial charge in [-0.2, -0.15) is 0 Å². The molecule has 1 heterocycles. The monoisotopic (exact) mass is 363 g/mol. The van der Waals surface area contributed by atoms with Crippen LogP contribution in [0.5, 0.6) is 0 Å². The van der Waals surface area contributed by atoms with E-state index in [9.17, 15) is 8.42 Å². The molecule has 0 radical (unpaired) electrons. The van der Waals surface area contributed by atoms with Gasteiger partial charge < -0.3 is 0 Å². The van der Waals surface area contributed by atoms with Crippen molar-refractivity contribution in [2.24, 2.45) is 17.8 Å². The first-order chi connectivity index (χ1) is 8.95. The van der Waals surface area contributed by atoms with Crippen LogP contribution >= 0.6 is 27.3 Å². The summed E-state index contributed by atoms with van der Waals surface area (Å²) >= 11 is 4.81. The largest absolute Gasteiger partial charge is 0.241 e. The second-order valence-electron chi connectivity index (χ2n) is 5.76. The fourth-order valence-electron chi connectivity index (χ4n) is 3.62. The molecule has 3 unspecified atom stereocenters. The molecule has 3 nitrogen and oxygen atoms in total. The van der Waals surface area contributed by atoms with Gasteiger partial charge in [0.2, 0.25) is 10.0 Å². The summed E-state index contributed by atoms with van der Waals surface area (Å²) in [5, 5.41) is 0. The lowest BCUT2D eigenvalue weighted by atomic mass is 9.89. The molecule has 2 aliphatic carbocycles. The maximum Gasteiger partial charge on any atom is 0.241 e. The minimum absolute atomic E-state index is 0.424. The molecule has 2 aliphatic rings. The van der Waals surface area contributed by atoms with Crippen LogP contribution in [0.1, 0.15) is 30.6 Å². The number of rotatable bonds is 4. The third-order valence-electron chi connectivity index (χ3n) is 4.55. The molecule has 19 heavy (non-hydrogen) atoms. The molecule has 0 amide bonds. The van der Waals surface area contributed by atoms with Gasteiger partial charge in [-0.3, -0.25) is 0 Å². The number of hydrogen-bond acceptors (Lipinski definition) is 3. The number of sulfonamides is 1. The Kier molecular flexibility index (Phi) is 3.79. The minimum Gasteiger partial charge on any atom is -0.211 e. The summed E-state index contributed by atoms with van der Waals surface area (Å²) in [6, 6.07) is 1.70. The van der Waals surface area contributed by atoms with Crippen LogP contribution in [-0.4, -0.2) is 15.0 Å². The Labute approximate surface area is 127 Å². The molecule has 0 saturated heterocycles. The van der Waals surface area contributed by atoms with E-state index >= 15 is 0 Å². The van der Waals surface area contributed by atoms with Crippen molar-refractivity contribution < 1.29 is 8.42 Å². The maximum absolute atomic E-state index is 12.3. The molecule has 106 valence electrons. The second kappa shape index (κ2) is 5.13. The highest BCUT2D eigenvalue weighted by Gasteiger charge is 2.39. The van der Waals surface area contributed by atoms with Gasteiger partial charge in [-0.1, -0.05) is 6.42 Å². The normalized spacial score (nSPS) is 30.1. The average Bonchev–Trinajstić information content (AvgIpc) is 3.02. The van der Waals surface area contributed by atoms with Crippen molar-refractivity contribution in [3.8, 4) is 0 Å². The van der Waals surface area contributed by atoms with Gasteiger partial charge in [0.15, 0.2) is 0 Å². The van der Waals surface area contributed by atoms with E-state index in [2.05, 4.69) is 20.7 Å². The van der Waals surface area contributed by atoms with Crippen LogP contribution < -0.4 is 4.72 Å². The summed E-state index contributed by atoms with van der Waals surface area (Å²) in [6.45, 7) is 2.46. The zero-order valence-electron chi connectivity index (χ0n) is 10.9. The van der Waals surface area contributed by atoms with Crippen LogP contribution in [0, 0.1) is 24.7 Å². The molecule has 3 rings (SSSR count). The minimum atomic E-state index is -3.34. The van der Waals surface area contributed by atoms with Crippen LogP contribution in [0.15, 0.2) is 14.7 Å². The molecule has 2 saturated carbocycles. The second-order valence-corrected chi connectivity index (χ2v) is 10.1. The van der Waals surface area contributed by atoms with Gasteiger partial charge >= 0.3 is 0 Å². The SMILES string of the molecule is Cc1sc(Br)cc1S(=O)(=O)NCC1CC2CCC1C2. The lowest BCUT2D eigenvalue weighted by Crippen LogP contribution is -2.31. The lowest BCUT2D eigenvalue weighted by Gasteiger charge is -2.21. The molecule has 1 aromatic heterocycles. The summed E-state index contributed by atoms with van der Waals surface area (Å²) in [7, 11) is -3.34. The summed E-state index contributed by atoms with van der Waals surface area (Å²) in [6.07, 6.45) is 5.17. The van der Waals surface area contributed by atoms with Gasteiger partial charge in [0.05, 0.1) is 8.68 Å². The van der Waals surface area contributed by atoms with E-state index in [4.69, 9.17) is 0 Å². The molecule has 0 aliphatic heterocycles. The molecule has 3 atom stereocenters. The van der Waals surface area contributed by atoms with Crippen molar-refractivity contribution in [2.75, 3.05) is 6.54 Å². The molecule has 6 heteroatoms. The quantitative estimate of drug-likeness (QED) is 0.888. The zero-order valence-corrected chi connectivity index (χ0v) is 14.1. The standard InChI is InChI=1S/C13H18BrNO2S2/c1-8-12(6-13(14)18-8)19(16,17)15-7-11-5-9-2-3-10(11)4-9/h6,9-11,15H,2-5,7H2,1H3. The van der Waals surface area contributed by atoms with Crippen molar-refractivity contribution in [2.45, 2.75) is 37.5 Å². The van der Waals surface area contributed by atoms with E-state index in [1.165, 1.54) is 37.0 Å². The highest BCUT2D eigenvalue weighted by atomic mass is 79.9. The van der Waals surface area contributed by atoms with Crippen LogP contribution in [-0.2, 0) is 10.0 Å². The smallest absolute Gasteiger partial charge is 0.211 e. The molecule has 0 spiro atoms. The zero-order chi connectivity index (χ0) is 13.6. The van der Waals surface area contributed by atoms with Crippen molar-refractivity contribution in [3.63, 3.8) is 0 Å². The van der Waals surface area contributed by atoms with Crippen LogP contribution in [0.3, 0.4) is 0 Å². The van der Waals surface area contributed by atoms with Gasteiger partial charge in [-0.05, 0) is 65.9 Å². The average molecular weight is 364 g/mol. The van der Waals surface area contributed by atoms with Crippen LogP contribution in [0.25, 0.3) is 0 Å². The summed E-state index contributed by atoms with van der Waals surface area (Å²) in [5.41, 5.74) is 0. The number of hydrogen-bond donors (Lipinski definition) is 1. The molecule has 1 N–H and O–H groups in total. The first-order valence-corrected chi connectivity index (χ1v) is 9.80. The van der Waals surface area contributed by atoms with Gasteiger partial charge in [-0.15, -0.1) is 11.3 Å². The molecular weight excluding hydrogens is 346 g/mol. The predicted octanol–water partition coefficient (Wildman–Crippen LogP) is 3.53. The Morgan fingerprint density at radius 3 is 2.74 bits per heavy atom. The van der Waals surface area contributed by atoms with Crippen LogP contribution in [0.2, 0.25) is 0 Å². The van der Waals surface area contributed by atoms with Crippen LogP contribution in [0.4, 0.5) is 0 Å². The number of aryl methyl sites for hydroxylation is 1. The highest BCUT2D eigenvalue weighted by Crippen LogP contribution is 2.48. The van der Waals surface area contributed by atoms with E-state index in [-0.39, 0.29) is 0 Å². The van der Waals surface area contributed by atoms with Crippen molar-refractivity contribution >= 4 is 37.3 Å². The summed E-state index contributed by atoms with van der Waals surface area (Å²) < 4.78 is 28.3. The van der Waals surface area contributed by atoms with E-state index in [1.807, 2.05) is 6.92 Å². The number of fused-ring (bicyclic) bond motifs is 2. The van der Waals surface area contributed by atoms with E-state index in [0.717, 1.165) is 20.5 Å². The van der Waals surface area contributed by atoms with Gasteiger partial charge in [0, 0.05) is 11.4 Å². The first-order valence-electron chi connectivity index (χ1n) is 6.71. The summed E-state index contributed by atoms with van der Waals surface area (Å²) in [4.78, 5) is 1.26. The van der Waals surface area contributed by atoms with E-state index < -0.39 is 10.0 Å². The number of thiophene rings is 1. The van der Waals surface area contributed by atoms with Gasteiger partial charge in [-0.25, -0.2) is 13.1 Å². The Hall–Kier alpha value is 0.0900. The first kappa shape index (κ1) is 14.0. The molecular formula is C13H18BrNO2S2. The molecule has 1 aromatic rings. The lowest BCUT2D eigenvalue weighted by molar-refractivity contribution is 0.333. The Morgan fingerprint density at radius 1 is 1.42 bits per heavy atom. The topological polar surface area (TPSA) is 46.2 Å². The Bertz CT molecular complexity index is 581. The number of nitrogens with one attached hydrogen (secondary N) is 1. The molecule has 2 fully saturated rings. The predicted molar refractivity (Wildman–Crippen MR) is 80.9 cm³/mol. The fraction of sp³-hybridized carbons (Fsp3) is 0.692. The third-order valence-corrected chi connectivity index (χ3v) is 7.78. The fourth-order valence-corrected chi connectivity index (χ4v) is 7.13. The van der Waals surface area contributed by atoms with Crippen molar-refractivity contribution in [1.29, 1.82) is 0 Å². The number of halogens is 1. The van der Waals surface area contributed by atoms with Crippen molar-refractivity contribution in [1.82, 2.24) is 4.72 Å². The summed E-state index contributed by atoms with van der Waals surface area (Å²) in [5.74, 6) is 2.16. The molecule has 0 aromatic carbocycles.